The fraction of sp³-hybridized carbons (Fsp3) is 0.467. The summed E-state index contributed by atoms with van der Waals surface area (Å²) in [5, 5.41) is 27.6. The minimum absolute atomic E-state index is 0.0566. The molecule has 1 aliphatic rings. The Balaban J connectivity index is 1.89. The molecule has 0 bridgehead atoms. The molecular formula is C15H20N10O8S2. The monoisotopic (exact) mass is 532 g/mol. The number of carbonyl (C=O) groups is 3. The van der Waals surface area contributed by atoms with Crippen molar-refractivity contribution in [2.75, 3.05) is 5.73 Å². The normalized spacial score (nSPS) is 18.8. The number of carbonyl (C=O) groups excluding carboxylic acids is 2. The molecule has 35 heavy (non-hydrogen) atoms. The molecule has 2 amide bonds. The second-order valence-corrected chi connectivity index (χ2v) is 9.69. The van der Waals surface area contributed by atoms with Gasteiger partial charge in [0, 0.05) is 5.38 Å². The second-order valence-electron chi connectivity index (χ2n) is 7.51. The zero-order chi connectivity index (χ0) is 26.1. The lowest BCUT2D eigenvalue weighted by Crippen LogP contribution is -2.73. The maximum atomic E-state index is 13.0. The first-order valence-corrected chi connectivity index (χ1v) is 11.8. The Labute approximate surface area is 200 Å². The van der Waals surface area contributed by atoms with Crippen LogP contribution >= 0.6 is 11.3 Å². The highest BCUT2D eigenvalue weighted by Gasteiger charge is 2.54. The van der Waals surface area contributed by atoms with E-state index in [1.165, 1.54) is 19.2 Å². The molecule has 0 saturated carbocycles. The Morgan fingerprint density at radius 3 is 2.60 bits per heavy atom. The zero-order valence-corrected chi connectivity index (χ0v) is 19.7. The maximum absolute atomic E-state index is 13.0. The van der Waals surface area contributed by atoms with E-state index in [2.05, 4.69) is 30.9 Å². The van der Waals surface area contributed by atoms with Crippen molar-refractivity contribution in [3.8, 4) is 0 Å². The quantitative estimate of drug-likeness (QED) is 0.0880. The Morgan fingerprint density at radius 2 is 2.09 bits per heavy atom. The van der Waals surface area contributed by atoms with Crippen LogP contribution in [0.1, 0.15) is 25.4 Å². The van der Waals surface area contributed by atoms with Crippen molar-refractivity contribution in [1.82, 2.24) is 34.8 Å². The summed E-state index contributed by atoms with van der Waals surface area (Å²) < 4.78 is 33.0. The van der Waals surface area contributed by atoms with E-state index in [-0.39, 0.29) is 34.0 Å². The lowest BCUT2D eigenvalue weighted by molar-refractivity contribution is -0.161. The van der Waals surface area contributed by atoms with Crippen LogP contribution in [0.15, 0.2) is 10.5 Å². The summed E-state index contributed by atoms with van der Waals surface area (Å²) in [6.07, 6.45) is 0. The number of hydrogen-bond acceptors (Lipinski definition) is 14. The zero-order valence-electron chi connectivity index (χ0n) is 18.1. The molecule has 1 fully saturated rings. The smallest absolute Gasteiger partial charge is 0.362 e. The number of anilines is 1. The molecule has 0 spiro atoms. The molecule has 2 aromatic heterocycles. The third kappa shape index (κ3) is 5.50. The van der Waals surface area contributed by atoms with Gasteiger partial charge in [0.2, 0.25) is 5.60 Å². The lowest BCUT2D eigenvalue weighted by atomic mass is 9.98. The van der Waals surface area contributed by atoms with E-state index < -0.39 is 51.5 Å². The first kappa shape index (κ1) is 25.9. The number of carboxylic acid groups (broad SMARTS) is 1. The number of carboxylic acids is 1. The van der Waals surface area contributed by atoms with Gasteiger partial charge in [-0.15, -0.1) is 21.5 Å². The van der Waals surface area contributed by atoms with E-state index >= 15 is 0 Å². The average molecular weight is 533 g/mol. The Bertz CT molecular complexity index is 1290. The fourth-order valence-electron chi connectivity index (χ4n) is 2.75. The number of aliphatic carboxylic acids is 1. The molecule has 18 nitrogen and oxygen atoms in total. The number of nitrogens with one attached hydrogen (secondary N) is 1. The van der Waals surface area contributed by atoms with Gasteiger partial charge >= 0.3 is 16.3 Å². The van der Waals surface area contributed by atoms with Gasteiger partial charge in [-0.3, -0.25) is 14.1 Å². The topological polar surface area (TPSA) is 271 Å². The summed E-state index contributed by atoms with van der Waals surface area (Å²) in [5.41, 5.74) is 8.55. The van der Waals surface area contributed by atoms with Gasteiger partial charge in [0.15, 0.2) is 16.7 Å². The highest BCUT2D eigenvalue weighted by Crippen LogP contribution is 2.25. The molecule has 3 rings (SSSR count). The van der Waals surface area contributed by atoms with Crippen molar-refractivity contribution < 1.29 is 37.3 Å². The van der Waals surface area contributed by atoms with E-state index in [1.807, 2.05) is 0 Å². The second kappa shape index (κ2) is 9.48. The van der Waals surface area contributed by atoms with Gasteiger partial charge in [0.25, 0.3) is 11.8 Å². The van der Waals surface area contributed by atoms with Crippen molar-refractivity contribution in [2.45, 2.75) is 44.6 Å². The Hall–Kier alpha value is -3.75. The molecule has 2 aromatic rings. The number of tetrazole rings is 1. The number of nitrogens with two attached hydrogens (primary N) is 2. The highest BCUT2D eigenvalue weighted by atomic mass is 32.2. The van der Waals surface area contributed by atoms with E-state index in [1.54, 1.807) is 0 Å². The van der Waals surface area contributed by atoms with Gasteiger partial charge < -0.3 is 26.7 Å². The molecule has 1 saturated heterocycles. The maximum Gasteiger partial charge on any atom is 0.362 e. The van der Waals surface area contributed by atoms with Gasteiger partial charge in [0.05, 0.1) is 13.1 Å². The lowest BCUT2D eigenvalue weighted by Gasteiger charge is -2.43. The minimum atomic E-state index is -4.99. The van der Waals surface area contributed by atoms with Gasteiger partial charge in [-0.05, 0) is 19.1 Å². The third-order valence-corrected chi connectivity index (χ3v) is 6.21. The van der Waals surface area contributed by atoms with Crippen LogP contribution in [0.3, 0.4) is 0 Å². The molecule has 0 aliphatic carbocycles. The van der Waals surface area contributed by atoms with Crippen molar-refractivity contribution in [3.63, 3.8) is 0 Å². The van der Waals surface area contributed by atoms with Gasteiger partial charge in [-0.1, -0.05) is 5.16 Å². The molecular weight excluding hydrogens is 512 g/mol. The first-order chi connectivity index (χ1) is 16.2. The van der Waals surface area contributed by atoms with Crippen molar-refractivity contribution >= 4 is 50.3 Å². The molecule has 2 atom stereocenters. The first-order valence-electron chi connectivity index (χ1n) is 9.54. The van der Waals surface area contributed by atoms with E-state index in [9.17, 15) is 32.5 Å². The summed E-state index contributed by atoms with van der Waals surface area (Å²) in [6.45, 7) is 1.91. The SMILES string of the molecule is CC(C)(ON=C(C(=O)N[C@@H]1C(=O)N(S(=O)(=O)O)[C@H]1Cn1nnc(CN)n1)c1csc(N)n1)C(=O)O. The van der Waals surface area contributed by atoms with Gasteiger partial charge in [0.1, 0.15) is 17.8 Å². The molecule has 20 heteroatoms. The third-order valence-electron chi connectivity index (χ3n) is 4.59. The molecule has 190 valence electrons. The summed E-state index contributed by atoms with van der Waals surface area (Å²) in [7, 11) is -4.99. The number of amides is 2. The number of hydrogen-bond donors (Lipinski definition) is 5. The number of oxime groups is 1. The van der Waals surface area contributed by atoms with Crippen LogP contribution < -0.4 is 16.8 Å². The Kier molecular flexibility index (Phi) is 7.01. The van der Waals surface area contributed by atoms with E-state index in [0.717, 1.165) is 16.1 Å². The summed E-state index contributed by atoms with van der Waals surface area (Å²) in [6, 6.07) is -2.83. The van der Waals surface area contributed by atoms with Crippen molar-refractivity contribution in [2.24, 2.45) is 10.9 Å². The Morgan fingerprint density at radius 1 is 1.40 bits per heavy atom. The minimum Gasteiger partial charge on any atom is -0.478 e. The van der Waals surface area contributed by atoms with Crippen LogP contribution in [0, 0.1) is 0 Å². The number of rotatable bonds is 10. The molecule has 0 radical (unpaired) electrons. The van der Waals surface area contributed by atoms with Crippen molar-refractivity contribution in [1.29, 1.82) is 0 Å². The molecule has 7 N–H and O–H groups in total. The predicted molar refractivity (Wildman–Crippen MR) is 116 cm³/mol. The largest absolute Gasteiger partial charge is 0.478 e. The summed E-state index contributed by atoms with van der Waals surface area (Å²) in [5.74, 6) is -3.48. The number of nitrogen functional groups attached to an aromatic ring is 1. The molecule has 0 aromatic carbocycles. The van der Waals surface area contributed by atoms with Crippen LogP contribution in [0.2, 0.25) is 0 Å². The highest BCUT2D eigenvalue weighted by molar-refractivity contribution is 7.84. The number of nitrogens with zero attached hydrogens (tertiary/aromatic N) is 7. The van der Waals surface area contributed by atoms with Crippen molar-refractivity contribution in [3.05, 3.63) is 16.9 Å². The molecule has 1 aliphatic heterocycles. The van der Waals surface area contributed by atoms with Gasteiger partial charge in [-0.25, -0.2) is 14.1 Å². The number of thiazole rings is 1. The van der Waals surface area contributed by atoms with Crippen LogP contribution in [-0.4, -0.2) is 88.8 Å². The summed E-state index contributed by atoms with van der Waals surface area (Å²) in [4.78, 5) is 46.6. The predicted octanol–water partition coefficient (Wildman–Crippen LogP) is -3.05. The van der Waals surface area contributed by atoms with Crippen LogP contribution in [-0.2, 0) is 42.6 Å². The van der Waals surface area contributed by atoms with Crippen LogP contribution in [0.4, 0.5) is 5.13 Å². The number of β-lactam (4-membered cyclic amide) rings is 1. The van der Waals surface area contributed by atoms with Crippen LogP contribution in [0.25, 0.3) is 0 Å². The number of aromatic nitrogens is 5. The average Bonchev–Trinajstić information content (AvgIpc) is 3.39. The van der Waals surface area contributed by atoms with Gasteiger partial charge in [-0.2, -0.15) is 13.2 Å². The standard InChI is InChI=1S/C15H20N10O8S2/c1-15(2,13(28)29)33-22-9(6-5-34-14(17)18-6)11(26)19-10-7(25(12(10)27)35(30,31)32)4-24-21-8(3-16)20-23-24/h5,7,10H,3-4,16H2,1-2H3,(H2,17,18)(H,19,26)(H,28,29)(H,30,31,32)/t7-,10-/m0/s1. The molecule has 3 heterocycles. The summed E-state index contributed by atoms with van der Waals surface area (Å²) >= 11 is 0.949. The molecule has 0 unspecified atom stereocenters. The van der Waals surface area contributed by atoms with Crippen LogP contribution in [0.5, 0.6) is 0 Å². The van der Waals surface area contributed by atoms with E-state index in [4.69, 9.17) is 16.3 Å². The van der Waals surface area contributed by atoms with E-state index in [0.29, 0.717) is 0 Å². The fourth-order valence-corrected chi connectivity index (χ4v) is 4.17.